The molecule has 5 heteroatoms. The molecule has 0 radical (unpaired) electrons. The molecule has 0 aromatic rings. The van der Waals surface area contributed by atoms with Gasteiger partial charge in [-0.25, -0.2) is 0 Å². The minimum atomic E-state index is -1.07. The normalized spacial score (nSPS) is 16.4. The Morgan fingerprint density at radius 2 is 2.00 bits per heavy atom. The second-order valence-electron chi connectivity index (χ2n) is 3.88. The maximum absolute atomic E-state index is 11.2. The van der Waals surface area contributed by atoms with Crippen molar-refractivity contribution in [2.24, 2.45) is 5.73 Å². The van der Waals surface area contributed by atoms with Crippen LogP contribution in [0.5, 0.6) is 0 Å². The zero-order chi connectivity index (χ0) is 10.6. The minimum absolute atomic E-state index is 0.148. The first-order valence-corrected chi connectivity index (χ1v) is 5.73. The molecule has 4 nitrogen and oxygen atoms in total. The number of nitrogens with two attached hydrogens (primary N) is 1. The molecule has 0 aliphatic heterocycles. The second kappa shape index (κ2) is 4.72. The van der Waals surface area contributed by atoms with Gasteiger partial charge in [-0.05, 0) is 20.8 Å². The molecule has 0 rings (SSSR count). The van der Waals surface area contributed by atoms with Crippen molar-refractivity contribution in [3.8, 4) is 0 Å². The van der Waals surface area contributed by atoms with Crippen molar-refractivity contribution in [1.29, 1.82) is 0 Å². The highest BCUT2D eigenvalue weighted by Crippen LogP contribution is 2.07. The van der Waals surface area contributed by atoms with Crippen LogP contribution in [0.2, 0.25) is 0 Å². The fourth-order valence-electron chi connectivity index (χ4n) is 0.698. The summed E-state index contributed by atoms with van der Waals surface area (Å²) >= 11 is 0. The molecule has 0 saturated heterocycles. The number of carbonyl (C=O) groups is 1. The average Bonchev–Trinajstić information content (AvgIpc) is 1.81. The summed E-state index contributed by atoms with van der Waals surface area (Å²) in [6.45, 7) is 5.29. The lowest BCUT2D eigenvalue weighted by molar-refractivity contribution is -0.155. The summed E-state index contributed by atoms with van der Waals surface area (Å²) in [6, 6.07) is -0.787. The van der Waals surface area contributed by atoms with Crippen molar-refractivity contribution in [2.45, 2.75) is 32.4 Å². The number of carbonyl (C=O) groups excluding carboxylic acids is 1. The van der Waals surface area contributed by atoms with Crippen LogP contribution in [0.4, 0.5) is 0 Å². The molecule has 0 heterocycles. The molecular weight excluding hydrogens is 190 g/mol. The van der Waals surface area contributed by atoms with Crippen LogP contribution in [0.25, 0.3) is 0 Å². The molecule has 0 aliphatic rings. The molecule has 0 unspecified atom stereocenters. The Morgan fingerprint density at radius 1 is 1.54 bits per heavy atom. The first kappa shape index (κ1) is 12.6. The summed E-state index contributed by atoms with van der Waals surface area (Å²) < 4.78 is 15.7. The highest BCUT2D eigenvalue weighted by atomic mass is 32.2. The van der Waals surface area contributed by atoms with Crippen molar-refractivity contribution < 1.29 is 13.7 Å². The van der Waals surface area contributed by atoms with Gasteiger partial charge in [0, 0.05) is 22.8 Å². The Hall–Kier alpha value is -0.420. The summed E-state index contributed by atoms with van der Waals surface area (Å²) in [7, 11) is -1.07. The van der Waals surface area contributed by atoms with E-state index in [1.807, 2.05) is 0 Å². The van der Waals surface area contributed by atoms with Gasteiger partial charge in [0.25, 0.3) is 0 Å². The van der Waals surface area contributed by atoms with Gasteiger partial charge >= 0.3 is 5.97 Å². The van der Waals surface area contributed by atoms with Gasteiger partial charge in [0.1, 0.15) is 11.6 Å². The fourth-order valence-corrected chi connectivity index (χ4v) is 1.34. The molecule has 2 N–H and O–H groups in total. The van der Waals surface area contributed by atoms with Crippen molar-refractivity contribution in [1.82, 2.24) is 0 Å². The van der Waals surface area contributed by atoms with Crippen LogP contribution in [0.1, 0.15) is 20.8 Å². The lowest BCUT2D eigenvalue weighted by Gasteiger charge is -2.21. The quantitative estimate of drug-likeness (QED) is 0.663. The third-order valence-corrected chi connectivity index (χ3v) is 1.95. The summed E-state index contributed by atoms with van der Waals surface area (Å²) in [5, 5.41) is 0. The third-order valence-electron chi connectivity index (χ3n) is 1.12. The van der Waals surface area contributed by atoms with E-state index in [1.54, 1.807) is 20.8 Å². The van der Waals surface area contributed by atoms with Crippen molar-refractivity contribution in [3.05, 3.63) is 0 Å². The number of esters is 1. The molecule has 0 aromatic heterocycles. The monoisotopic (exact) mass is 207 g/mol. The third kappa shape index (κ3) is 6.72. The van der Waals surface area contributed by atoms with Gasteiger partial charge in [0.15, 0.2) is 0 Å². The summed E-state index contributed by atoms with van der Waals surface area (Å²) in [6.07, 6.45) is 1.50. The van der Waals surface area contributed by atoms with Crippen molar-refractivity contribution in [2.75, 3.05) is 12.0 Å². The van der Waals surface area contributed by atoms with Gasteiger partial charge in [0.05, 0.1) is 0 Å². The zero-order valence-corrected chi connectivity index (χ0v) is 9.31. The molecule has 0 amide bonds. The van der Waals surface area contributed by atoms with Crippen molar-refractivity contribution >= 4 is 16.8 Å². The van der Waals surface area contributed by atoms with Crippen LogP contribution in [-0.4, -0.2) is 33.8 Å². The highest BCUT2D eigenvalue weighted by Gasteiger charge is 2.22. The maximum atomic E-state index is 11.2. The van der Waals surface area contributed by atoms with Gasteiger partial charge in [-0.15, -0.1) is 0 Å². The van der Waals surface area contributed by atoms with Gasteiger partial charge in [0.2, 0.25) is 0 Å². The van der Waals surface area contributed by atoms with E-state index in [4.69, 9.17) is 10.5 Å². The maximum Gasteiger partial charge on any atom is 0.324 e. The lowest BCUT2D eigenvalue weighted by Crippen LogP contribution is -2.40. The van der Waals surface area contributed by atoms with Crippen molar-refractivity contribution in [3.63, 3.8) is 0 Å². The van der Waals surface area contributed by atoms with Crippen LogP contribution >= 0.6 is 0 Å². The van der Waals surface area contributed by atoms with E-state index in [2.05, 4.69) is 0 Å². The molecule has 13 heavy (non-hydrogen) atoms. The van der Waals surface area contributed by atoms with Gasteiger partial charge in [-0.1, -0.05) is 0 Å². The van der Waals surface area contributed by atoms with Gasteiger partial charge < -0.3 is 10.5 Å². The first-order chi connectivity index (χ1) is 5.72. The van der Waals surface area contributed by atoms with Crippen LogP contribution in [0.15, 0.2) is 0 Å². The number of hydrogen-bond acceptors (Lipinski definition) is 4. The molecular formula is C8H17NO3S. The second-order valence-corrected chi connectivity index (χ2v) is 5.36. The van der Waals surface area contributed by atoms with E-state index in [1.165, 1.54) is 6.26 Å². The lowest BCUT2D eigenvalue weighted by atomic mass is 10.2. The molecule has 0 aliphatic carbocycles. The predicted octanol–water partition coefficient (Wildman–Crippen LogP) is 0.0339. The Balaban J connectivity index is 4.05. The first-order valence-electron chi connectivity index (χ1n) is 4.01. The number of rotatable bonds is 3. The standard InChI is InChI=1S/C8H17NO3S/c1-8(2,3)12-7(10)6(9)5-13(4)11/h6H,5,9H2,1-4H3/t6-,13-/m0/s1. The Morgan fingerprint density at radius 3 is 2.31 bits per heavy atom. The van der Waals surface area contributed by atoms with Gasteiger partial charge in [-0.3, -0.25) is 9.00 Å². The minimum Gasteiger partial charge on any atom is -0.459 e. The van der Waals surface area contributed by atoms with Crippen LogP contribution in [0, 0.1) is 0 Å². The van der Waals surface area contributed by atoms with E-state index in [0.29, 0.717) is 0 Å². The molecule has 2 atom stereocenters. The highest BCUT2D eigenvalue weighted by molar-refractivity contribution is 7.84. The fraction of sp³-hybridized carbons (Fsp3) is 0.875. The Bertz CT molecular complexity index is 210. The topological polar surface area (TPSA) is 69.4 Å². The van der Waals surface area contributed by atoms with E-state index < -0.39 is 28.4 Å². The number of hydrogen-bond donors (Lipinski definition) is 1. The number of ether oxygens (including phenoxy) is 1. The Kier molecular flexibility index (Phi) is 4.56. The molecule has 0 aromatic carbocycles. The van der Waals surface area contributed by atoms with E-state index in [9.17, 15) is 9.00 Å². The van der Waals surface area contributed by atoms with E-state index in [0.717, 1.165) is 0 Å². The van der Waals surface area contributed by atoms with Crippen LogP contribution in [-0.2, 0) is 20.3 Å². The largest absolute Gasteiger partial charge is 0.459 e. The van der Waals surface area contributed by atoms with Crippen LogP contribution in [0.3, 0.4) is 0 Å². The Labute approximate surface area is 81.3 Å². The average molecular weight is 207 g/mol. The molecule has 0 fully saturated rings. The summed E-state index contributed by atoms with van der Waals surface area (Å²) in [5.41, 5.74) is 4.92. The van der Waals surface area contributed by atoms with E-state index >= 15 is 0 Å². The van der Waals surface area contributed by atoms with Crippen LogP contribution < -0.4 is 5.73 Å². The molecule has 0 spiro atoms. The van der Waals surface area contributed by atoms with E-state index in [-0.39, 0.29) is 5.75 Å². The summed E-state index contributed by atoms with van der Waals surface area (Å²) in [4.78, 5) is 11.2. The molecule has 0 saturated carbocycles. The predicted molar refractivity (Wildman–Crippen MR) is 52.8 cm³/mol. The summed E-state index contributed by atoms with van der Waals surface area (Å²) in [5.74, 6) is -0.350. The molecule has 0 bridgehead atoms. The molecule has 78 valence electrons. The SMILES string of the molecule is C[S@](=O)C[C@H](N)C(=O)OC(C)(C)C. The zero-order valence-electron chi connectivity index (χ0n) is 8.49. The van der Waals surface area contributed by atoms with Gasteiger partial charge in [-0.2, -0.15) is 0 Å². The smallest absolute Gasteiger partial charge is 0.324 e.